The van der Waals surface area contributed by atoms with Gasteiger partial charge in [-0.1, -0.05) is 13.8 Å². The van der Waals surface area contributed by atoms with E-state index in [9.17, 15) is 0 Å². The van der Waals surface area contributed by atoms with E-state index in [1.807, 2.05) is 14.0 Å². The highest BCUT2D eigenvalue weighted by atomic mass is 16.5. The quantitative estimate of drug-likeness (QED) is 0.909. The Balaban J connectivity index is 2.12. The number of hydrogen-bond donors (Lipinski definition) is 1. The predicted molar refractivity (Wildman–Crippen MR) is 83.1 cm³/mol. The molecule has 1 N–H and O–H groups in total. The van der Waals surface area contributed by atoms with Crippen LogP contribution in [-0.4, -0.2) is 18.1 Å². The molecule has 0 aromatic carbocycles. The molecule has 1 fully saturated rings. The highest BCUT2D eigenvalue weighted by Gasteiger charge is 2.28. The van der Waals surface area contributed by atoms with Crippen LogP contribution >= 0.6 is 0 Å². The lowest BCUT2D eigenvalue weighted by Gasteiger charge is -2.34. The van der Waals surface area contributed by atoms with Crippen molar-refractivity contribution >= 4 is 0 Å². The zero-order valence-electron chi connectivity index (χ0n) is 13.5. The molecule has 0 saturated heterocycles. The Morgan fingerprint density at radius 1 is 1.30 bits per heavy atom. The summed E-state index contributed by atoms with van der Waals surface area (Å²) in [6.07, 6.45) is 5.09. The number of aromatic nitrogens is 1. The van der Waals surface area contributed by atoms with Crippen LogP contribution in [0.2, 0.25) is 0 Å². The second kappa shape index (κ2) is 6.13. The summed E-state index contributed by atoms with van der Waals surface area (Å²) in [6.45, 7) is 9.69. The molecule has 1 aromatic rings. The average molecular weight is 276 g/mol. The molecule has 0 amide bonds. The maximum atomic E-state index is 6.24. The maximum absolute atomic E-state index is 6.24. The smallest absolute Gasteiger partial charge is 0.218 e. The van der Waals surface area contributed by atoms with E-state index in [2.05, 4.69) is 37.1 Å². The normalized spacial score (nSPS) is 19.1. The molecule has 3 nitrogen and oxygen atoms in total. The fourth-order valence-electron chi connectivity index (χ4n) is 2.97. The largest absolute Gasteiger partial charge is 0.474 e. The van der Waals surface area contributed by atoms with Gasteiger partial charge in [-0.05, 0) is 63.6 Å². The third kappa shape index (κ3) is 3.72. The summed E-state index contributed by atoms with van der Waals surface area (Å²) in [4.78, 5) is 4.62. The van der Waals surface area contributed by atoms with Gasteiger partial charge in [0.2, 0.25) is 5.88 Å². The summed E-state index contributed by atoms with van der Waals surface area (Å²) in [5.74, 6) is 0.835. The monoisotopic (exact) mass is 276 g/mol. The number of ether oxygens (including phenoxy) is 1. The van der Waals surface area contributed by atoms with Crippen molar-refractivity contribution in [1.29, 1.82) is 0 Å². The summed E-state index contributed by atoms with van der Waals surface area (Å²) >= 11 is 0. The van der Waals surface area contributed by atoms with Crippen molar-refractivity contribution < 1.29 is 4.74 Å². The van der Waals surface area contributed by atoms with Crippen LogP contribution in [0.15, 0.2) is 6.07 Å². The van der Waals surface area contributed by atoms with E-state index in [1.165, 1.54) is 24.0 Å². The van der Waals surface area contributed by atoms with Crippen molar-refractivity contribution in [3.8, 4) is 5.88 Å². The molecule has 20 heavy (non-hydrogen) atoms. The van der Waals surface area contributed by atoms with E-state index < -0.39 is 0 Å². The number of nitrogens with one attached hydrogen (secondary N) is 1. The Morgan fingerprint density at radius 2 is 1.95 bits per heavy atom. The Bertz CT molecular complexity index is 458. The predicted octanol–water partition coefficient (Wildman–Crippen LogP) is 3.77. The average Bonchev–Trinajstić information content (AvgIpc) is 2.36. The van der Waals surface area contributed by atoms with Crippen molar-refractivity contribution in [1.82, 2.24) is 10.3 Å². The van der Waals surface area contributed by atoms with Gasteiger partial charge < -0.3 is 10.1 Å². The number of hydrogen-bond acceptors (Lipinski definition) is 3. The van der Waals surface area contributed by atoms with Crippen LogP contribution in [0.25, 0.3) is 0 Å². The van der Waals surface area contributed by atoms with E-state index in [4.69, 9.17) is 4.74 Å². The van der Waals surface area contributed by atoms with E-state index in [-0.39, 0.29) is 0 Å². The molecule has 1 aromatic heterocycles. The molecule has 1 saturated carbocycles. The summed E-state index contributed by atoms with van der Waals surface area (Å²) in [6, 6.07) is 2.13. The van der Waals surface area contributed by atoms with Gasteiger partial charge in [0.1, 0.15) is 6.10 Å². The van der Waals surface area contributed by atoms with Crippen molar-refractivity contribution in [2.24, 2.45) is 5.41 Å². The molecule has 1 heterocycles. The van der Waals surface area contributed by atoms with Gasteiger partial charge in [0.15, 0.2) is 0 Å². The molecule has 0 spiro atoms. The number of aryl methyl sites for hydroxylation is 2. The van der Waals surface area contributed by atoms with Crippen molar-refractivity contribution in [3.63, 3.8) is 0 Å². The summed E-state index contributed by atoms with van der Waals surface area (Å²) in [7, 11) is 1.96. The molecule has 1 aliphatic rings. The van der Waals surface area contributed by atoms with Crippen molar-refractivity contribution in [2.45, 2.75) is 66.0 Å². The second-order valence-electron chi connectivity index (χ2n) is 6.88. The highest BCUT2D eigenvalue weighted by Crippen LogP contribution is 2.37. The lowest BCUT2D eigenvalue weighted by atomic mass is 9.76. The molecule has 0 bridgehead atoms. The third-order valence-electron chi connectivity index (χ3n) is 4.36. The minimum Gasteiger partial charge on any atom is -0.474 e. The minimum absolute atomic E-state index is 0.326. The molecule has 0 aliphatic heterocycles. The van der Waals surface area contributed by atoms with Crippen LogP contribution in [0.1, 0.15) is 56.4 Å². The third-order valence-corrected chi connectivity index (χ3v) is 4.36. The zero-order valence-corrected chi connectivity index (χ0v) is 13.5. The summed E-state index contributed by atoms with van der Waals surface area (Å²) in [5, 5.41) is 3.22. The SMILES string of the molecule is CNCc1c(C)cc(C)nc1OC1CCC(C)(C)CC1. The fraction of sp³-hybridized carbons (Fsp3) is 0.706. The first-order valence-corrected chi connectivity index (χ1v) is 7.70. The molecule has 0 radical (unpaired) electrons. The van der Waals surface area contributed by atoms with Crippen LogP contribution in [0.5, 0.6) is 5.88 Å². The van der Waals surface area contributed by atoms with Crippen LogP contribution in [0.3, 0.4) is 0 Å². The first-order valence-electron chi connectivity index (χ1n) is 7.70. The first-order chi connectivity index (χ1) is 9.41. The first kappa shape index (κ1) is 15.3. The molecule has 0 unspecified atom stereocenters. The highest BCUT2D eigenvalue weighted by molar-refractivity contribution is 5.36. The molecule has 112 valence electrons. The van der Waals surface area contributed by atoms with E-state index >= 15 is 0 Å². The van der Waals surface area contributed by atoms with Gasteiger partial charge in [0.05, 0.1) is 0 Å². The van der Waals surface area contributed by atoms with Gasteiger partial charge in [0.25, 0.3) is 0 Å². The Morgan fingerprint density at radius 3 is 2.55 bits per heavy atom. The molecule has 3 heteroatoms. The molecule has 1 aliphatic carbocycles. The molecular formula is C17H28N2O. The van der Waals surface area contributed by atoms with Gasteiger partial charge in [-0.25, -0.2) is 4.98 Å². The van der Waals surface area contributed by atoms with E-state index in [1.54, 1.807) is 0 Å². The Hall–Kier alpha value is -1.09. The van der Waals surface area contributed by atoms with E-state index in [0.29, 0.717) is 11.5 Å². The standard InChI is InChI=1S/C17H28N2O/c1-12-10-13(2)19-16(15(12)11-18-5)20-14-6-8-17(3,4)9-7-14/h10,14,18H,6-9,11H2,1-5H3. The van der Waals surface area contributed by atoms with Gasteiger partial charge >= 0.3 is 0 Å². The van der Waals surface area contributed by atoms with Crippen LogP contribution < -0.4 is 10.1 Å². The van der Waals surface area contributed by atoms with Crippen LogP contribution in [-0.2, 0) is 6.54 Å². The van der Waals surface area contributed by atoms with Gasteiger partial charge in [-0.3, -0.25) is 0 Å². The molecule has 0 atom stereocenters. The van der Waals surface area contributed by atoms with Gasteiger partial charge in [-0.2, -0.15) is 0 Å². The minimum atomic E-state index is 0.326. The topological polar surface area (TPSA) is 34.2 Å². The maximum Gasteiger partial charge on any atom is 0.218 e. The zero-order chi connectivity index (χ0) is 14.8. The van der Waals surface area contributed by atoms with E-state index in [0.717, 1.165) is 31.0 Å². The van der Waals surface area contributed by atoms with Gasteiger partial charge in [0, 0.05) is 17.8 Å². The molecule has 2 rings (SSSR count). The Kier molecular flexibility index (Phi) is 4.69. The van der Waals surface area contributed by atoms with Crippen molar-refractivity contribution in [3.05, 3.63) is 22.9 Å². The lowest BCUT2D eigenvalue weighted by Crippen LogP contribution is -2.29. The number of rotatable bonds is 4. The number of nitrogens with zero attached hydrogens (tertiary/aromatic N) is 1. The van der Waals surface area contributed by atoms with Crippen LogP contribution in [0.4, 0.5) is 0 Å². The van der Waals surface area contributed by atoms with Crippen molar-refractivity contribution in [2.75, 3.05) is 7.05 Å². The summed E-state index contributed by atoms with van der Waals surface area (Å²) < 4.78 is 6.24. The van der Waals surface area contributed by atoms with Crippen LogP contribution in [0, 0.1) is 19.3 Å². The fourth-order valence-corrected chi connectivity index (χ4v) is 2.97. The Labute approximate surface area is 123 Å². The summed E-state index contributed by atoms with van der Waals surface area (Å²) in [5.41, 5.74) is 3.97. The second-order valence-corrected chi connectivity index (χ2v) is 6.88. The number of pyridine rings is 1. The molecular weight excluding hydrogens is 248 g/mol. The van der Waals surface area contributed by atoms with Gasteiger partial charge in [-0.15, -0.1) is 0 Å². The lowest BCUT2D eigenvalue weighted by molar-refractivity contribution is 0.0937.